The molecule has 1 aromatic carbocycles. The van der Waals surface area contributed by atoms with Crippen molar-refractivity contribution in [3.63, 3.8) is 0 Å². The second kappa shape index (κ2) is 8.50. The van der Waals surface area contributed by atoms with Crippen LogP contribution in [0.1, 0.15) is 51.1 Å². The zero-order valence-electron chi connectivity index (χ0n) is 14.0. The first-order chi connectivity index (χ1) is 11.0. The van der Waals surface area contributed by atoms with Crippen LogP contribution in [0.3, 0.4) is 0 Å². The lowest BCUT2D eigenvalue weighted by molar-refractivity contribution is 0.299. The standard InChI is InChI=1S/C18H27NO3S/c1-3-4-5-6-12-23(20,21)19-15(2)17-8-7-9-18(13-17)22-14-16-10-11-16/h4-5,7-9,13,15-16,19H,3,6,10-12,14H2,1-2H3/b5-4+/t15-/m1/s1. The number of nitrogens with one attached hydrogen (secondary N) is 1. The molecule has 0 heterocycles. The summed E-state index contributed by atoms with van der Waals surface area (Å²) in [4.78, 5) is 0. The minimum atomic E-state index is -3.28. The summed E-state index contributed by atoms with van der Waals surface area (Å²) in [6.07, 6.45) is 7.87. The highest BCUT2D eigenvalue weighted by atomic mass is 32.2. The highest BCUT2D eigenvalue weighted by Crippen LogP contribution is 2.30. The van der Waals surface area contributed by atoms with Crippen molar-refractivity contribution >= 4 is 10.0 Å². The van der Waals surface area contributed by atoms with Crippen LogP contribution >= 0.6 is 0 Å². The van der Waals surface area contributed by atoms with E-state index in [1.165, 1.54) is 12.8 Å². The van der Waals surface area contributed by atoms with Gasteiger partial charge in [-0.25, -0.2) is 13.1 Å². The highest BCUT2D eigenvalue weighted by molar-refractivity contribution is 7.89. The molecular formula is C18H27NO3S. The third kappa shape index (κ3) is 6.75. The first-order valence-electron chi connectivity index (χ1n) is 8.38. The monoisotopic (exact) mass is 337 g/mol. The molecule has 1 saturated carbocycles. The van der Waals surface area contributed by atoms with E-state index in [-0.39, 0.29) is 11.8 Å². The SMILES string of the molecule is CC/C=C/CCS(=O)(=O)N[C@H](C)c1cccc(OCC2CC2)c1. The fourth-order valence-electron chi connectivity index (χ4n) is 2.28. The second-order valence-corrected chi connectivity index (χ2v) is 8.03. The molecule has 0 bridgehead atoms. The number of ether oxygens (including phenoxy) is 1. The van der Waals surface area contributed by atoms with Crippen LogP contribution in [0.4, 0.5) is 0 Å². The Bertz CT molecular complexity index is 621. The zero-order chi connectivity index (χ0) is 16.7. The Morgan fingerprint density at radius 3 is 2.83 bits per heavy atom. The van der Waals surface area contributed by atoms with Gasteiger partial charge in [-0.1, -0.05) is 31.2 Å². The Labute approximate surface area is 140 Å². The molecule has 1 aliphatic carbocycles. The smallest absolute Gasteiger partial charge is 0.212 e. The summed E-state index contributed by atoms with van der Waals surface area (Å²) in [5.41, 5.74) is 0.922. The normalized spacial score (nSPS) is 16.6. The van der Waals surface area contributed by atoms with Crippen LogP contribution in [-0.2, 0) is 10.0 Å². The van der Waals surface area contributed by atoms with E-state index in [0.717, 1.165) is 24.3 Å². The molecule has 0 amide bonds. The van der Waals surface area contributed by atoms with Crippen molar-refractivity contribution in [2.24, 2.45) is 5.92 Å². The fraction of sp³-hybridized carbons (Fsp3) is 0.556. The Morgan fingerprint density at radius 2 is 2.13 bits per heavy atom. The molecule has 5 heteroatoms. The summed E-state index contributed by atoms with van der Waals surface area (Å²) >= 11 is 0. The summed E-state index contributed by atoms with van der Waals surface area (Å²) in [6, 6.07) is 7.41. The summed E-state index contributed by atoms with van der Waals surface area (Å²) in [5, 5.41) is 0. The molecule has 0 aliphatic heterocycles. The molecule has 1 atom stereocenters. The lowest BCUT2D eigenvalue weighted by Gasteiger charge is -2.15. The van der Waals surface area contributed by atoms with E-state index >= 15 is 0 Å². The van der Waals surface area contributed by atoms with E-state index in [9.17, 15) is 8.42 Å². The number of hydrogen-bond acceptors (Lipinski definition) is 3. The lowest BCUT2D eigenvalue weighted by Crippen LogP contribution is -2.29. The van der Waals surface area contributed by atoms with Crippen molar-refractivity contribution in [1.82, 2.24) is 4.72 Å². The molecular weight excluding hydrogens is 310 g/mol. The quantitative estimate of drug-likeness (QED) is 0.661. The Balaban J connectivity index is 1.89. The van der Waals surface area contributed by atoms with Crippen LogP contribution in [0.25, 0.3) is 0 Å². The summed E-state index contributed by atoms with van der Waals surface area (Å²) < 4.78 is 32.7. The first kappa shape index (κ1) is 18.0. The molecule has 2 rings (SSSR count). The van der Waals surface area contributed by atoms with Crippen molar-refractivity contribution in [1.29, 1.82) is 0 Å². The van der Waals surface area contributed by atoms with Crippen molar-refractivity contribution in [3.05, 3.63) is 42.0 Å². The summed E-state index contributed by atoms with van der Waals surface area (Å²) in [7, 11) is -3.28. The van der Waals surface area contributed by atoms with Crippen LogP contribution < -0.4 is 9.46 Å². The molecule has 128 valence electrons. The minimum absolute atomic E-state index is 0.117. The van der Waals surface area contributed by atoms with Gasteiger partial charge < -0.3 is 4.74 Å². The number of benzene rings is 1. The van der Waals surface area contributed by atoms with E-state index in [2.05, 4.69) is 4.72 Å². The molecule has 1 N–H and O–H groups in total. The zero-order valence-corrected chi connectivity index (χ0v) is 14.8. The third-order valence-corrected chi connectivity index (χ3v) is 5.34. The predicted molar refractivity (Wildman–Crippen MR) is 94.0 cm³/mol. The molecule has 0 aromatic heterocycles. The van der Waals surface area contributed by atoms with Gasteiger partial charge in [-0.2, -0.15) is 0 Å². The van der Waals surface area contributed by atoms with Crippen LogP contribution in [0.2, 0.25) is 0 Å². The van der Waals surface area contributed by atoms with Crippen LogP contribution in [0, 0.1) is 5.92 Å². The van der Waals surface area contributed by atoms with Gasteiger partial charge in [0.2, 0.25) is 10.0 Å². The van der Waals surface area contributed by atoms with E-state index in [1.54, 1.807) is 0 Å². The largest absolute Gasteiger partial charge is 0.493 e. The molecule has 0 spiro atoms. The molecule has 1 aliphatic rings. The predicted octanol–water partition coefficient (Wildman–Crippen LogP) is 3.81. The molecule has 1 aromatic rings. The molecule has 0 unspecified atom stereocenters. The molecule has 0 radical (unpaired) electrons. The van der Waals surface area contributed by atoms with Crippen molar-refractivity contribution in [3.8, 4) is 5.75 Å². The number of allylic oxidation sites excluding steroid dienone is 2. The van der Waals surface area contributed by atoms with Gasteiger partial charge in [-0.05, 0) is 56.2 Å². The molecule has 1 fully saturated rings. The minimum Gasteiger partial charge on any atom is -0.493 e. The summed E-state index contributed by atoms with van der Waals surface area (Å²) in [5.74, 6) is 1.63. The lowest BCUT2D eigenvalue weighted by atomic mass is 10.1. The van der Waals surface area contributed by atoms with Crippen molar-refractivity contribution < 1.29 is 13.2 Å². The first-order valence-corrected chi connectivity index (χ1v) is 10.0. The number of sulfonamides is 1. The maximum absolute atomic E-state index is 12.1. The summed E-state index contributed by atoms with van der Waals surface area (Å²) in [6.45, 7) is 4.65. The Hall–Kier alpha value is -1.33. The van der Waals surface area contributed by atoms with Crippen molar-refractivity contribution in [2.45, 2.75) is 45.6 Å². The van der Waals surface area contributed by atoms with Gasteiger partial charge in [0.15, 0.2) is 0 Å². The van der Waals surface area contributed by atoms with Crippen molar-refractivity contribution in [2.75, 3.05) is 12.4 Å². The topological polar surface area (TPSA) is 55.4 Å². The Morgan fingerprint density at radius 1 is 1.35 bits per heavy atom. The van der Waals surface area contributed by atoms with Gasteiger partial charge in [0.05, 0.1) is 12.4 Å². The number of hydrogen-bond donors (Lipinski definition) is 1. The fourth-order valence-corrected chi connectivity index (χ4v) is 3.52. The average Bonchev–Trinajstić information content (AvgIpc) is 3.34. The van der Waals surface area contributed by atoms with Gasteiger partial charge in [-0.15, -0.1) is 0 Å². The maximum atomic E-state index is 12.1. The van der Waals surface area contributed by atoms with Gasteiger partial charge >= 0.3 is 0 Å². The van der Waals surface area contributed by atoms with Gasteiger partial charge in [0, 0.05) is 6.04 Å². The molecule has 0 saturated heterocycles. The van der Waals surface area contributed by atoms with Crippen LogP contribution in [0.5, 0.6) is 5.75 Å². The Kier molecular flexibility index (Phi) is 6.66. The van der Waals surface area contributed by atoms with Crippen LogP contribution in [-0.4, -0.2) is 20.8 Å². The third-order valence-electron chi connectivity index (χ3n) is 3.85. The van der Waals surface area contributed by atoms with E-state index in [4.69, 9.17) is 4.74 Å². The van der Waals surface area contributed by atoms with Crippen LogP contribution in [0.15, 0.2) is 36.4 Å². The molecule has 4 nitrogen and oxygen atoms in total. The maximum Gasteiger partial charge on any atom is 0.212 e. The van der Waals surface area contributed by atoms with Gasteiger partial charge in [-0.3, -0.25) is 0 Å². The van der Waals surface area contributed by atoms with E-state index < -0.39 is 10.0 Å². The number of rotatable bonds is 10. The van der Waals surface area contributed by atoms with E-state index in [1.807, 2.05) is 50.3 Å². The van der Waals surface area contributed by atoms with E-state index in [0.29, 0.717) is 12.3 Å². The highest BCUT2D eigenvalue weighted by Gasteiger charge is 2.22. The molecule has 23 heavy (non-hydrogen) atoms. The second-order valence-electron chi connectivity index (χ2n) is 6.15. The van der Waals surface area contributed by atoms with Gasteiger partial charge in [0.1, 0.15) is 5.75 Å². The van der Waals surface area contributed by atoms with Gasteiger partial charge in [0.25, 0.3) is 0 Å². The average molecular weight is 337 g/mol.